The summed E-state index contributed by atoms with van der Waals surface area (Å²) in [5.41, 5.74) is 4.41. The van der Waals surface area contributed by atoms with Crippen molar-refractivity contribution in [1.82, 2.24) is 5.32 Å². The summed E-state index contributed by atoms with van der Waals surface area (Å²) in [6.07, 6.45) is 0. The number of anilines is 1. The van der Waals surface area contributed by atoms with Crippen LogP contribution in [0.15, 0.2) is 42.5 Å². The van der Waals surface area contributed by atoms with Gasteiger partial charge in [-0.05, 0) is 24.3 Å². The number of carbonyl (C=O) groups is 2. The van der Waals surface area contributed by atoms with Gasteiger partial charge in [0.05, 0.1) is 21.5 Å². The summed E-state index contributed by atoms with van der Waals surface area (Å²) in [6.45, 7) is 0. The highest BCUT2D eigenvalue weighted by Gasteiger charge is 2.21. The number of amides is 2. The van der Waals surface area contributed by atoms with Gasteiger partial charge in [-0.2, -0.15) is 0 Å². The normalized spacial score (nSPS) is 10.0. The molecule has 3 N–H and O–H groups in total. The lowest BCUT2D eigenvalue weighted by atomic mass is 10.1. The van der Waals surface area contributed by atoms with Crippen LogP contribution in [-0.4, -0.2) is 21.7 Å². The lowest BCUT2D eigenvalue weighted by Crippen LogP contribution is -2.30. The maximum Gasteiger partial charge on any atom is 0.277 e. The molecule has 2 rings (SSSR count). The molecule has 24 heavy (non-hydrogen) atoms. The van der Waals surface area contributed by atoms with Crippen LogP contribution in [0.1, 0.15) is 20.7 Å². The Hall–Kier alpha value is -3.82. The molecule has 0 aliphatic carbocycles. The minimum absolute atomic E-state index is 0.137. The molecule has 0 fully saturated rings. The second-order valence-electron chi connectivity index (χ2n) is 4.66. The van der Waals surface area contributed by atoms with E-state index in [2.05, 4.69) is 0 Å². The van der Waals surface area contributed by atoms with Crippen molar-refractivity contribution >= 4 is 28.9 Å². The first-order valence-corrected chi connectivity index (χ1v) is 6.43. The molecule has 0 bridgehead atoms. The van der Waals surface area contributed by atoms with Crippen molar-refractivity contribution < 1.29 is 19.4 Å². The van der Waals surface area contributed by atoms with Crippen molar-refractivity contribution in [2.45, 2.75) is 0 Å². The molecule has 0 spiro atoms. The molecule has 0 saturated heterocycles. The molecule has 0 atom stereocenters. The van der Waals surface area contributed by atoms with Gasteiger partial charge in [-0.1, -0.05) is 0 Å². The quantitative estimate of drug-likeness (QED) is 0.373. The second kappa shape index (κ2) is 6.52. The molecule has 0 heterocycles. The number of nitrogens with zero attached hydrogens (tertiary/aromatic N) is 2. The zero-order valence-corrected chi connectivity index (χ0v) is 12.0. The maximum atomic E-state index is 12.0. The molecule has 10 nitrogen and oxygen atoms in total. The summed E-state index contributed by atoms with van der Waals surface area (Å²) >= 11 is 0. The van der Waals surface area contributed by atoms with Crippen LogP contribution in [0.2, 0.25) is 0 Å². The molecular formula is C14H10N4O6. The van der Waals surface area contributed by atoms with Gasteiger partial charge in [-0.15, -0.1) is 0 Å². The third-order valence-electron chi connectivity index (χ3n) is 2.99. The van der Waals surface area contributed by atoms with Gasteiger partial charge in [0.25, 0.3) is 23.2 Å². The molecule has 0 radical (unpaired) electrons. The van der Waals surface area contributed by atoms with Crippen LogP contribution in [0.25, 0.3) is 0 Å². The zero-order valence-electron chi connectivity index (χ0n) is 12.0. The number of carbonyl (C=O) groups excluding carboxylic acids is 2. The van der Waals surface area contributed by atoms with E-state index in [1.807, 2.05) is 5.32 Å². The van der Waals surface area contributed by atoms with E-state index >= 15 is 0 Å². The zero-order chi connectivity index (χ0) is 17.9. The Kier molecular flexibility index (Phi) is 4.50. The minimum Gasteiger partial charge on any atom is -0.399 e. The van der Waals surface area contributed by atoms with E-state index in [-0.39, 0.29) is 11.1 Å². The highest BCUT2D eigenvalue weighted by Crippen LogP contribution is 2.22. The first-order chi connectivity index (χ1) is 11.3. The molecule has 0 aliphatic heterocycles. The van der Waals surface area contributed by atoms with Crippen molar-refractivity contribution in [2.75, 3.05) is 5.73 Å². The third-order valence-corrected chi connectivity index (χ3v) is 2.99. The van der Waals surface area contributed by atoms with Crippen LogP contribution in [-0.2, 0) is 0 Å². The van der Waals surface area contributed by atoms with Crippen LogP contribution in [0.4, 0.5) is 17.1 Å². The standard InChI is InChI=1S/C14H10N4O6/c15-10-3-1-8(2-4-10)13(19)16-14(20)9-5-11(17(21)22)7-12(6-9)18(23)24/h1-7H,15H2,(H,16,19,20). The van der Waals surface area contributed by atoms with Gasteiger partial charge in [0.2, 0.25) is 0 Å². The summed E-state index contributed by atoms with van der Waals surface area (Å²) in [4.78, 5) is 43.8. The van der Waals surface area contributed by atoms with Gasteiger partial charge in [-0.25, -0.2) is 0 Å². The summed E-state index contributed by atoms with van der Waals surface area (Å²) < 4.78 is 0. The van der Waals surface area contributed by atoms with Crippen LogP contribution < -0.4 is 11.1 Å². The van der Waals surface area contributed by atoms with E-state index in [4.69, 9.17) is 5.73 Å². The van der Waals surface area contributed by atoms with E-state index in [0.717, 1.165) is 18.2 Å². The predicted octanol–water partition coefficient (Wildman–Crippen LogP) is 1.66. The second-order valence-corrected chi connectivity index (χ2v) is 4.66. The van der Waals surface area contributed by atoms with E-state index in [0.29, 0.717) is 5.69 Å². The topological polar surface area (TPSA) is 158 Å². The number of benzene rings is 2. The maximum absolute atomic E-state index is 12.0. The van der Waals surface area contributed by atoms with Crippen LogP contribution in [0, 0.1) is 20.2 Å². The Bertz CT molecular complexity index is 815. The molecule has 0 aromatic heterocycles. The summed E-state index contributed by atoms with van der Waals surface area (Å²) in [6, 6.07) is 8.09. The van der Waals surface area contributed by atoms with E-state index in [9.17, 15) is 29.8 Å². The largest absolute Gasteiger partial charge is 0.399 e. The van der Waals surface area contributed by atoms with Gasteiger partial charge in [0.1, 0.15) is 0 Å². The van der Waals surface area contributed by atoms with E-state index < -0.39 is 33.0 Å². The Labute approximate surface area is 134 Å². The van der Waals surface area contributed by atoms with Gasteiger partial charge in [0.15, 0.2) is 0 Å². The molecule has 122 valence electrons. The Balaban J connectivity index is 2.28. The molecule has 10 heteroatoms. The number of imide groups is 1. The lowest BCUT2D eigenvalue weighted by molar-refractivity contribution is -0.394. The fourth-order valence-electron chi connectivity index (χ4n) is 1.82. The van der Waals surface area contributed by atoms with Gasteiger partial charge < -0.3 is 5.73 Å². The fourth-order valence-corrected chi connectivity index (χ4v) is 1.82. The minimum atomic E-state index is -0.997. The average Bonchev–Trinajstić information content (AvgIpc) is 2.54. The Morgan fingerprint density at radius 1 is 0.833 bits per heavy atom. The first kappa shape index (κ1) is 16.5. The molecular weight excluding hydrogens is 320 g/mol. The number of nitrogens with one attached hydrogen (secondary N) is 1. The van der Waals surface area contributed by atoms with Gasteiger partial charge >= 0.3 is 0 Å². The predicted molar refractivity (Wildman–Crippen MR) is 82.4 cm³/mol. The number of hydrogen-bond donors (Lipinski definition) is 2. The number of hydrogen-bond acceptors (Lipinski definition) is 7. The summed E-state index contributed by atoms with van der Waals surface area (Å²) in [5.74, 6) is -1.77. The van der Waals surface area contributed by atoms with Crippen molar-refractivity contribution in [1.29, 1.82) is 0 Å². The van der Waals surface area contributed by atoms with Crippen LogP contribution in [0.5, 0.6) is 0 Å². The van der Waals surface area contributed by atoms with Crippen molar-refractivity contribution in [3.05, 3.63) is 73.8 Å². The van der Waals surface area contributed by atoms with Crippen molar-refractivity contribution in [3.8, 4) is 0 Å². The molecule has 0 aliphatic rings. The average molecular weight is 330 g/mol. The van der Waals surface area contributed by atoms with Gasteiger partial charge in [-0.3, -0.25) is 35.1 Å². The monoisotopic (exact) mass is 330 g/mol. The number of rotatable bonds is 4. The highest BCUT2D eigenvalue weighted by atomic mass is 16.6. The first-order valence-electron chi connectivity index (χ1n) is 6.43. The lowest BCUT2D eigenvalue weighted by Gasteiger charge is -2.05. The fraction of sp³-hybridized carbons (Fsp3) is 0. The SMILES string of the molecule is Nc1ccc(C(=O)NC(=O)c2cc([N+](=O)[O-])cc([N+](=O)[O-])c2)cc1. The van der Waals surface area contributed by atoms with Crippen molar-refractivity contribution in [2.24, 2.45) is 0 Å². The molecule has 2 amide bonds. The van der Waals surface area contributed by atoms with Gasteiger partial charge in [0, 0.05) is 23.4 Å². The van der Waals surface area contributed by atoms with E-state index in [1.54, 1.807) is 0 Å². The summed E-state index contributed by atoms with van der Waals surface area (Å²) in [7, 11) is 0. The number of nitrogen functional groups attached to an aromatic ring is 1. The number of non-ortho nitro benzene ring substituents is 2. The van der Waals surface area contributed by atoms with Crippen LogP contribution in [0.3, 0.4) is 0 Å². The molecule has 2 aromatic rings. The molecule has 0 unspecified atom stereocenters. The molecule has 2 aromatic carbocycles. The Morgan fingerprint density at radius 2 is 1.29 bits per heavy atom. The number of nitro benzene ring substituents is 2. The van der Waals surface area contributed by atoms with Crippen molar-refractivity contribution in [3.63, 3.8) is 0 Å². The van der Waals surface area contributed by atoms with E-state index in [1.165, 1.54) is 24.3 Å². The number of nitro groups is 2. The summed E-state index contributed by atoms with van der Waals surface area (Å²) in [5, 5.41) is 23.6. The highest BCUT2D eigenvalue weighted by molar-refractivity contribution is 6.10. The Morgan fingerprint density at radius 3 is 1.75 bits per heavy atom. The third kappa shape index (κ3) is 3.68. The van der Waals surface area contributed by atoms with Crippen LogP contribution >= 0.6 is 0 Å². The smallest absolute Gasteiger partial charge is 0.277 e. The number of nitrogens with two attached hydrogens (primary N) is 1. The molecule has 0 saturated carbocycles.